The summed E-state index contributed by atoms with van der Waals surface area (Å²) < 4.78 is 31.8. The number of carbonyl (C=O) groups excluding carboxylic acids is 5. The predicted octanol–water partition coefficient (Wildman–Crippen LogP) is 4.32. The maximum atomic E-state index is 12.4. The predicted molar refractivity (Wildman–Crippen MR) is 172 cm³/mol. The zero-order valence-corrected chi connectivity index (χ0v) is 28.7. The summed E-state index contributed by atoms with van der Waals surface area (Å²) in [7, 11) is 0. The fourth-order valence-electron chi connectivity index (χ4n) is 3.51. The Hall–Kier alpha value is -3.45. The zero-order valence-electron chi connectivity index (χ0n) is 28.7. The van der Waals surface area contributed by atoms with Crippen LogP contribution in [0, 0.1) is 0 Å². The lowest BCUT2D eigenvalue weighted by atomic mass is 10.1. The lowest BCUT2D eigenvalue weighted by Crippen LogP contribution is -2.45. The van der Waals surface area contributed by atoms with Gasteiger partial charge in [0.25, 0.3) is 5.91 Å². The average molecular weight is 657 g/mol. The van der Waals surface area contributed by atoms with E-state index in [2.05, 4.69) is 23.8 Å². The van der Waals surface area contributed by atoms with Crippen molar-refractivity contribution < 1.29 is 52.4 Å². The van der Waals surface area contributed by atoms with E-state index in [-0.39, 0.29) is 38.8 Å². The molecule has 0 aromatic rings. The topological polar surface area (TPSA) is 165 Å². The Bertz CT molecular complexity index is 992. The normalized spacial score (nSPS) is 11.3. The van der Waals surface area contributed by atoms with Gasteiger partial charge in [-0.25, -0.2) is 19.2 Å². The second kappa shape index (κ2) is 23.8. The Labute approximate surface area is 274 Å². The standard InChI is InChI=1S/C33H56N2O11/c1-25(2)27(36)41-23-17-34-29(38)32(5,6)45-21-15-11-9-13-19-43-30(39)33(7,8)46-22-16-12-10-14-20-44-31(40)35-18-24-42-28(37)26(3)4/h1,3,9-24H2,2,4-8H3,(H,34,38)(H,35,40). The van der Waals surface area contributed by atoms with Gasteiger partial charge in [0.15, 0.2) is 5.60 Å². The summed E-state index contributed by atoms with van der Waals surface area (Å²) in [5, 5.41) is 5.19. The number of carbonyl (C=O) groups is 5. The highest BCUT2D eigenvalue weighted by Crippen LogP contribution is 2.15. The van der Waals surface area contributed by atoms with Gasteiger partial charge >= 0.3 is 24.0 Å². The van der Waals surface area contributed by atoms with Gasteiger partial charge in [-0.2, -0.15) is 0 Å². The SMILES string of the molecule is C=C(C)C(=O)OCCNC(=O)OCCCCCCOC(C)(C)C(=O)OCCCCCCOC(C)(C)C(=O)NCCOC(=O)C(=C)C. The minimum absolute atomic E-state index is 0.0469. The van der Waals surface area contributed by atoms with Gasteiger partial charge in [0.05, 0.1) is 26.3 Å². The van der Waals surface area contributed by atoms with Crippen LogP contribution in [0.3, 0.4) is 0 Å². The Morgan fingerprint density at radius 2 is 0.935 bits per heavy atom. The van der Waals surface area contributed by atoms with Crippen LogP contribution in [0.5, 0.6) is 0 Å². The van der Waals surface area contributed by atoms with E-state index in [0.717, 1.165) is 38.5 Å². The van der Waals surface area contributed by atoms with Crippen molar-refractivity contribution in [3.05, 3.63) is 24.3 Å². The fraction of sp³-hybridized carbons (Fsp3) is 0.727. The lowest BCUT2D eigenvalue weighted by molar-refractivity contribution is -0.168. The van der Waals surface area contributed by atoms with E-state index in [9.17, 15) is 24.0 Å². The first kappa shape index (κ1) is 42.6. The van der Waals surface area contributed by atoms with Crippen LogP contribution in [0.1, 0.15) is 92.9 Å². The van der Waals surface area contributed by atoms with Crippen LogP contribution in [0.4, 0.5) is 4.79 Å². The summed E-state index contributed by atoms with van der Waals surface area (Å²) in [6, 6.07) is 0. The molecule has 0 saturated carbocycles. The Morgan fingerprint density at radius 1 is 0.522 bits per heavy atom. The smallest absolute Gasteiger partial charge is 0.407 e. The third-order valence-electron chi connectivity index (χ3n) is 6.43. The van der Waals surface area contributed by atoms with E-state index < -0.39 is 35.2 Å². The molecule has 2 amide bonds. The maximum absolute atomic E-state index is 12.4. The van der Waals surface area contributed by atoms with E-state index >= 15 is 0 Å². The molecule has 0 aliphatic rings. The van der Waals surface area contributed by atoms with Crippen LogP contribution in [-0.4, -0.2) is 93.8 Å². The Balaban J connectivity index is 3.82. The van der Waals surface area contributed by atoms with E-state index in [0.29, 0.717) is 43.8 Å². The number of rotatable bonds is 26. The van der Waals surface area contributed by atoms with Gasteiger partial charge in [-0.15, -0.1) is 0 Å². The molecule has 13 nitrogen and oxygen atoms in total. The number of hydrogen-bond acceptors (Lipinski definition) is 11. The number of unbranched alkanes of at least 4 members (excludes halogenated alkanes) is 6. The largest absolute Gasteiger partial charge is 0.464 e. The van der Waals surface area contributed by atoms with E-state index in [1.807, 2.05) is 0 Å². The van der Waals surface area contributed by atoms with Gasteiger partial charge in [0.2, 0.25) is 0 Å². The number of hydrogen-bond donors (Lipinski definition) is 2. The average Bonchev–Trinajstić information content (AvgIpc) is 2.99. The van der Waals surface area contributed by atoms with Crippen LogP contribution >= 0.6 is 0 Å². The molecule has 0 heterocycles. The van der Waals surface area contributed by atoms with Gasteiger partial charge < -0.3 is 39.1 Å². The van der Waals surface area contributed by atoms with Gasteiger partial charge in [-0.05, 0) is 80.1 Å². The Morgan fingerprint density at radius 3 is 1.41 bits per heavy atom. The van der Waals surface area contributed by atoms with Crippen molar-refractivity contribution in [1.82, 2.24) is 10.6 Å². The van der Waals surface area contributed by atoms with E-state index in [1.165, 1.54) is 0 Å². The van der Waals surface area contributed by atoms with Gasteiger partial charge in [-0.1, -0.05) is 26.0 Å². The Kier molecular flexibility index (Phi) is 22.0. The van der Waals surface area contributed by atoms with E-state index in [4.69, 9.17) is 28.4 Å². The molecule has 13 heteroatoms. The number of esters is 3. The molecule has 0 fully saturated rings. The molecule has 0 bridgehead atoms. The van der Waals surface area contributed by atoms with Gasteiger partial charge in [-0.3, -0.25) is 4.79 Å². The van der Waals surface area contributed by atoms with Crippen LogP contribution < -0.4 is 10.6 Å². The minimum Gasteiger partial charge on any atom is -0.464 e. The molecule has 0 saturated heterocycles. The second-order valence-corrected chi connectivity index (χ2v) is 11.8. The number of amides is 2. The molecule has 0 spiro atoms. The van der Waals surface area contributed by atoms with Crippen LogP contribution in [0.2, 0.25) is 0 Å². The van der Waals surface area contributed by atoms with Crippen LogP contribution in [-0.2, 0) is 47.6 Å². The second-order valence-electron chi connectivity index (χ2n) is 11.8. The van der Waals surface area contributed by atoms with Gasteiger partial charge in [0.1, 0.15) is 18.8 Å². The summed E-state index contributed by atoms with van der Waals surface area (Å²) in [6.07, 6.45) is 5.73. The highest BCUT2D eigenvalue weighted by Gasteiger charge is 2.30. The number of ether oxygens (including phenoxy) is 6. The number of alkyl carbamates (subject to hydrolysis) is 1. The first-order valence-electron chi connectivity index (χ1n) is 15.9. The first-order valence-corrected chi connectivity index (χ1v) is 15.9. The quantitative estimate of drug-likeness (QED) is 0.0590. The molecular formula is C33H56N2O11. The molecule has 0 unspecified atom stereocenters. The van der Waals surface area contributed by atoms with Gasteiger partial charge in [0, 0.05) is 24.4 Å². The van der Waals surface area contributed by atoms with Crippen LogP contribution in [0.15, 0.2) is 24.3 Å². The van der Waals surface area contributed by atoms with Crippen LogP contribution in [0.25, 0.3) is 0 Å². The highest BCUT2D eigenvalue weighted by atomic mass is 16.6. The number of nitrogens with one attached hydrogen (secondary N) is 2. The van der Waals surface area contributed by atoms with Crippen molar-refractivity contribution in [2.45, 2.75) is 104 Å². The third kappa shape index (κ3) is 21.3. The molecule has 0 aromatic heterocycles. The summed E-state index contributed by atoms with van der Waals surface area (Å²) in [4.78, 5) is 59.0. The van der Waals surface area contributed by atoms with Crippen molar-refractivity contribution in [3.63, 3.8) is 0 Å². The molecule has 0 rings (SSSR count). The van der Waals surface area contributed by atoms with E-state index in [1.54, 1.807) is 41.5 Å². The zero-order chi connectivity index (χ0) is 35.0. The maximum Gasteiger partial charge on any atom is 0.407 e. The molecule has 0 aromatic carbocycles. The highest BCUT2D eigenvalue weighted by molar-refractivity contribution is 5.87. The first-order chi connectivity index (χ1) is 21.6. The molecule has 2 N–H and O–H groups in total. The molecule has 0 aliphatic heterocycles. The summed E-state index contributed by atoms with van der Waals surface area (Å²) in [6.45, 7) is 18.6. The van der Waals surface area contributed by atoms with Crippen molar-refractivity contribution in [2.75, 3.05) is 52.7 Å². The monoisotopic (exact) mass is 656 g/mol. The molecule has 0 radical (unpaired) electrons. The molecule has 46 heavy (non-hydrogen) atoms. The third-order valence-corrected chi connectivity index (χ3v) is 6.43. The summed E-state index contributed by atoms with van der Waals surface area (Å²) in [5.74, 6) is -1.70. The van der Waals surface area contributed by atoms with Crippen molar-refractivity contribution in [3.8, 4) is 0 Å². The molecule has 264 valence electrons. The molecule has 0 aliphatic carbocycles. The summed E-state index contributed by atoms with van der Waals surface area (Å²) >= 11 is 0. The molecular weight excluding hydrogens is 600 g/mol. The van der Waals surface area contributed by atoms with Crippen molar-refractivity contribution in [1.29, 1.82) is 0 Å². The minimum atomic E-state index is -1.05. The lowest BCUT2D eigenvalue weighted by Gasteiger charge is -2.24. The van der Waals surface area contributed by atoms with Crippen molar-refractivity contribution >= 4 is 29.9 Å². The summed E-state index contributed by atoms with van der Waals surface area (Å²) in [5.41, 5.74) is -1.47. The van der Waals surface area contributed by atoms with Crippen molar-refractivity contribution in [2.24, 2.45) is 0 Å². The fourth-order valence-corrected chi connectivity index (χ4v) is 3.51. The molecule has 0 atom stereocenters.